The molecule has 0 unspecified atom stereocenters. The van der Waals surface area contributed by atoms with Crippen molar-refractivity contribution in [1.82, 2.24) is 9.78 Å². The molecular formula is C7H9N3OS. The summed E-state index contributed by atoms with van der Waals surface area (Å²) in [6.07, 6.45) is 0.907. The van der Waals surface area contributed by atoms with Crippen LogP contribution in [0.2, 0.25) is 0 Å². The molecule has 0 aliphatic carbocycles. The van der Waals surface area contributed by atoms with Crippen LogP contribution in [0.5, 0.6) is 5.88 Å². The number of nitrogens with two attached hydrogens (primary N) is 1. The largest absolute Gasteiger partial charge is 0.477 e. The maximum atomic E-state index is 5.45. The molecule has 1 aliphatic rings. The summed E-state index contributed by atoms with van der Waals surface area (Å²) in [6.45, 7) is 2.64. The number of thiocarbonyl (C=S) groups is 1. The number of aryl methyl sites for hydroxylation is 1. The lowest BCUT2D eigenvalue weighted by molar-refractivity contribution is 0.334. The highest BCUT2D eigenvalue weighted by Gasteiger charge is 2.22. The molecule has 4 nitrogen and oxygen atoms in total. The van der Waals surface area contributed by atoms with Gasteiger partial charge >= 0.3 is 0 Å². The Kier molecular flexibility index (Phi) is 1.54. The van der Waals surface area contributed by atoms with E-state index in [0.29, 0.717) is 6.61 Å². The standard InChI is InChI=1S/C7H9N3OS/c1-4-5-2-3-11-6(5)10(9-4)7(8)12/h2-3H2,1H3,(H2,8,12). The summed E-state index contributed by atoms with van der Waals surface area (Å²) in [4.78, 5) is 0. The first kappa shape index (κ1) is 7.54. The normalized spacial score (nSPS) is 14.1. The first-order valence-corrected chi connectivity index (χ1v) is 4.12. The van der Waals surface area contributed by atoms with E-state index in [1.54, 1.807) is 0 Å². The predicted octanol–water partition coefficient (Wildman–Crippen LogP) is 0.218. The van der Waals surface area contributed by atoms with Crippen LogP contribution >= 0.6 is 12.2 Å². The van der Waals surface area contributed by atoms with Gasteiger partial charge in [0.2, 0.25) is 5.88 Å². The second kappa shape index (κ2) is 2.45. The van der Waals surface area contributed by atoms with E-state index in [9.17, 15) is 0 Å². The van der Waals surface area contributed by atoms with Gasteiger partial charge in [0.25, 0.3) is 0 Å². The first-order valence-electron chi connectivity index (χ1n) is 3.71. The maximum absolute atomic E-state index is 5.45. The van der Waals surface area contributed by atoms with Gasteiger partial charge in [-0.3, -0.25) is 0 Å². The highest BCUT2D eigenvalue weighted by Crippen LogP contribution is 2.27. The van der Waals surface area contributed by atoms with E-state index < -0.39 is 0 Å². The Morgan fingerprint density at radius 1 is 1.75 bits per heavy atom. The number of ether oxygens (including phenoxy) is 1. The van der Waals surface area contributed by atoms with Crippen LogP contribution in [0.1, 0.15) is 11.3 Å². The third kappa shape index (κ3) is 0.896. The lowest BCUT2D eigenvalue weighted by Crippen LogP contribution is -2.21. The van der Waals surface area contributed by atoms with Crippen LogP contribution in [0, 0.1) is 6.92 Å². The minimum Gasteiger partial charge on any atom is -0.477 e. The molecule has 0 radical (unpaired) electrons. The topological polar surface area (TPSA) is 53.1 Å². The number of hydrogen-bond acceptors (Lipinski definition) is 3. The molecule has 0 amide bonds. The van der Waals surface area contributed by atoms with E-state index in [-0.39, 0.29) is 5.11 Å². The molecule has 0 saturated heterocycles. The number of fused-ring (bicyclic) bond motifs is 1. The Morgan fingerprint density at radius 2 is 2.50 bits per heavy atom. The van der Waals surface area contributed by atoms with Gasteiger partial charge < -0.3 is 10.5 Å². The Hall–Kier alpha value is -1.10. The summed E-state index contributed by atoms with van der Waals surface area (Å²) >= 11 is 4.81. The number of hydrogen-bond donors (Lipinski definition) is 1. The SMILES string of the molecule is Cc1nn(C(N)=S)c2c1CCO2. The molecule has 1 aromatic rings. The molecule has 0 bridgehead atoms. The molecule has 0 saturated carbocycles. The van der Waals surface area contributed by atoms with Crippen molar-refractivity contribution in [2.24, 2.45) is 5.73 Å². The van der Waals surface area contributed by atoms with E-state index in [1.165, 1.54) is 4.68 Å². The minimum absolute atomic E-state index is 0.237. The van der Waals surface area contributed by atoms with Crippen molar-refractivity contribution in [2.75, 3.05) is 6.61 Å². The Balaban J connectivity index is 2.58. The Labute approximate surface area is 75.3 Å². The molecule has 0 spiro atoms. The summed E-state index contributed by atoms with van der Waals surface area (Å²) < 4.78 is 6.82. The van der Waals surface area contributed by atoms with Crippen LogP contribution in [-0.2, 0) is 6.42 Å². The number of rotatable bonds is 0. The fourth-order valence-corrected chi connectivity index (χ4v) is 1.50. The van der Waals surface area contributed by atoms with E-state index in [1.807, 2.05) is 6.92 Å². The lowest BCUT2D eigenvalue weighted by Gasteiger charge is -2.01. The van der Waals surface area contributed by atoms with Gasteiger partial charge in [0.15, 0.2) is 5.11 Å². The molecule has 0 atom stereocenters. The molecule has 1 aromatic heterocycles. The highest BCUT2D eigenvalue weighted by atomic mass is 32.1. The van der Waals surface area contributed by atoms with Gasteiger partial charge in [-0.2, -0.15) is 9.78 Å². The molecule has 12 heavy (non-hydrogen) atoms. The van der Waals surface area contributed by atoms with Crippen LogP contribution in [0.4, 0.5) is 0 Å². The van der Waals surface area contributed by atoms with Crippen molar-refractivity contribution in [3.8, 4) is 5.88 Å². The summed E-state index contributed by atoms with van der Waals surface area (Å²) in [5.41, 5.74) is 7.53. The van der Waals surface area contributed by atoms with Gasteiger partial charge in [0, 0.05) is 12.0 Å². The fourth-order valence-electron chi connectivity index (χ4n) is 1.37. The van der Waals surface area contributed by atoms with Crippen molar-refractivity contribution in [3.63, 3.8) is 0 Å². The predicted molar refractivity (Wildman–Crippen MR) is 48.3 cm³/mol. The zero-order valence-electron chi connectivity index (χ0n) is 6.70. The molecule has 0 aromatic carbocycles. The third-order valence-electron chi connectivity index (χ3n) is 1.94. The summed E-state index contributed by atoms with van der Waals surface area (Å²) in [5.74, 6) is 0.722. The second-order valence-electron chi connectivity index (χ2n) is 2.72. The van der Waals surface area contributed by atoms with Gasteiger partial charge in [0.05, 0.1) is 12.3 Å². The zero-order chi connectivity index (χ0) is 8.72. The first-order chi connectivity index (χ1) is 5.70. The van der Waals surface area contributed by atoms with Gasteiger partial charge in [-0.1, -0.05) is 0 Å². The molecular weight excluding hydrogens is 174 g/mol. The molecule has 2 heterocycles. The van der Waals surface area contributed by atoms with Crippen molar-refractivity contribution < 1.29 is 4.74 Å². The quantitative estimate of drug-likeness (QED) is 0.584. The Morgan fingerprint density at radius 3 is 3.17 bits per heavy atom. The summed E-state index contributed by atoms with van der Waals surface area (Å²) in [6, 6.07) is 0. The summed E-state index contributed by atoms with van der Waals surface area (Å²) in [5, 5.41) is 4.39. The average Bonchev–Trinajstić information content (AvgIpc) is 2.53. The number of aromatic nitrogens is 2. The van der Waals surface area contributed by atoms with Gasteiger partial charge in [0.1, 0.15) is 0 Å². The minimum atomic E-state index is 0.237. The van der Waals surface area contributed by atoms with Crippen LogP contribution in [0.3, 0.4) is 0 Å². The molecule has 2 N–H and O–H groups in total. The smallest absolute Gasteiger partial charge is 0.222 e. The number of nitrogens with zero attached hydrogens (tertiary/aromatic N) is 2. The third-order valence-corrected chi connectivity index (χ3v) is 2.11. The summed E-state index contributed by atoms with van der Waals surface area (Å²) in [7, 11) is 0. The van der Waals surface area contributed by atoms with Crippen molar-refractivity contribution in [1.29, 1.82) is 0 Å². The Bertz CT molecular complexity index is 345. The van der Waals surface area contributed by atoms with Gasteiger partial charge in [-0.15, -0.1) is 0 Å². The maximum Gasteiger partial charge on any atom is 0.222 e. The van der Waals surface area contributed by atoms with Crippen LogP contribution in [0.25, 0.3) is 0 Å². The molecule has 1 aliphatic heterocycles. The molecule has 0 fully saturated rings. The van der Waals surface area contributed by atoms with Crippen LogP contribution in [-0.4, -0.2) is 21.5 Å². The molecule has 5 heteroatoms. The van der Waals surface area contributed by atoms with E-state index in [0.717, 1.165) is 23.6 Å². The van der Waals surface area contributed by atoms with Gasteiger partial charge in [-0.05, 0) is 19.1 Å². The molecule has 64 valence electrons. The van der Waals surface area contributed by atoms with Gasteiger partial charge in [-0.25, -0.2) is 0 Å². The van der Waals surface area contributed by atoms with E-state index in [4.69, 9.17) is 22.7 Å². The lowest BCUT2D eigenvalue weighted by atomic mass is 10.2. The average molecular weight is 183 g/mol. The van der Waals surface area contributed by atoms with Crippen molar-refractivity contribution in [3.05, 3.63) is 11.3 Å². The highest BCUT2D eigenvalue weighted by molar-refractivity contribution is 7.80. The van der Waals surface area contributed by atoms with Crippen molar-refractivity contribution in [2.45, 2.75) is 13.3 Å². The molecule has 2 rings (SSSR count). The van der Waals surface area contributed by atoms with E-state index >= 15 is 0 Å². The van der Waals surface area contributed by atoms with Crippen LogP contribution < -0.4 is 10.5 Å². The van der Waals surface area contributed by atoms with Crippen LogP contribution in [0.15, 0.2) is 0 Å². The fraction of sp³-hybridized carbons (Fsp3) is 0.429. The van der Waals surface area contributed by atoms with Crippen molar-refractivity contribution >= 4 is 17.3 Å². The zero-order valence-corrected chi connectivity index (χ0v) is 7.52. The second-order valence-corrected chi connectivity index (χ2v) is 3.14. The van der Waals surface area contributed by atoms with E-state index in [2.05, 4.69) is 5.10 Å². The monoisotopic (exact) mass is 183 g/mol.